The van der Waals surface area contributed by atoms with E-state index in [4.69, 9.17) is 10.2 Å². The Kier molecular flexibility index (Phi) is 5.85. The monoisotopic (exact) mass is 267 g/mol. The zero-order chi connectivity index (χ0) is 8.97. The number of hydrogen-bond acceptors (Lipinski definition) is 3. The van der Waals surface area contributed by atoms with Gasteiger partial charge in [0.15, 0.2) is 6.20 Å². The van der Waals surface area contributed by atoms with Gasteiger partial charge in [-0.3, -0.25) is 0 Å². The van der Waals surface area contributed by atoms with Crippen molar-refractivity contribution in [3.63, 3.8) is 0 Å². The van der Waals surface area contributed by atoms with Crippen molar-refractivity contribution in [1.82, 2.24) is 0 Å². The maximum absolute atomic E-state index is 10.3. The maximum Gasteiger partial charge on any atom is 0.370 e. The Morgan fingerprint density at radius 1 is 1.62 bits per heavy atom. The molecule has 0 aliphatic rings. The van der Waals surface area contributed by atoms with E-state index in [9.17, 15) is 4.79 Å². The minimum Gasteiger partial charge on any atom is -1.00 e. The number of aliphatic carboxylic acids is 1. The number of halogens is 1. The molecule has 4 nitrogen and oxygen atoms in total. The second-order valence-corrected chi connectivity index (χ2v) is 3.27. The van der Waals surface area contributed by atoms with E-state index >= 15 is 0 Å². The van der Waals surface area contributed by atoms with Gasteiger partial charge < -0.3 is 27.2 Å². The van der Waals surface area contributed by atoms with E-state index in [2.05, 4.69) is 0 Å². The van der Waals surface area contributed by atoms with Crippen LogP contribution in [0.2, 0.25) is 0 Å². The third-order valence-electron chi connectivity index (χ3n) is 1.40. The Bertz CT molecular complexity index is 276. The molecule has 1 heterocycles. The number of aromatic nitrogens is 1. The highest BCUT2D eigenvalue weighted by Gasteiger charge is 2.14. The fraction of sp³-hybridized carbons (Fsp3) is 0.429. The molecule has 13 heavy (non-hydrogen) atoms. The summed E-state index contributed by atoms with van der Waals surface area (Å²) in [5, 5.41) is 19.8. The lowest BCUT2D eigenvalue weighted by molar-refractivity contribution is -0.688. The molecule has 0 fully saturated rings. The Morgan fingerprint density at radius 3 is 2.85 bits per heavy atom. The van der Waals surface area contributed by atoms with Crippen LogP contribution in [-0.2, 0) is 17.8 Å². The van der Waals surface area contributed by atoms with Gasteiger partial charge in [-0.05, 0) is 0 Å². The van der Waals surface area contributed by atoms with Crippen LogP contribution in [0.3, 0.4) is 0 Å². The number of thiazole rings is 1. The normalized spacial score (nSPS) is 9.31. The molecule has 0 aliphatic heterocycles. The number of nitrogens with zero attached hydrogens (tertiary/aromatic N) is 1. The van der Waals surface area contributed by atoms with Gasteiger partial charge in [-0.25, -0.2) is 4.79 Å². The van der Waals surface area contributed by atoms with Crippen molar-refractivity contribution in [2.45, 2.75) is 13.0 Å². The van der Waals surface area contributed by atoms with Crippen molar-refractivity contribution in [2.75, 3.05) is 6.61 Å². The van der Waals surface area contributed by atoms with Gasteiger partial charge in [-0.2, -0.15) is 4.57 Å². The molecule has 0 aromatic carbocycles. The molecular weight excluding hydrogens is 258 g/mol. The first-order chi connectivity index (χ1) is 5.74. The number of rotatable bonds is 4. The highest BCUT2D eigenvalue weighted by molar-refractivity contribution is 7.09. The quantitative estimate of drug-likeness (QED) is 0.561. The first-order valence-electron chi connectivity index (χ1n) is 3.52. The lowest BCUT2D eigenvalue weighted by Gasteiger charge is -1.91. The van der Waals surface area contributed by atoms with Crippen LogP contribution in [0.1, 0.15) is 5.01 Å². The van der Waals surface area contributed by atoms with E-state index in [1.807, 2.05) is 5.38 Å². The van der Waals surface area contributed by atoms with E-state index in [-0.39, 0.29) is 30.1 Å². The first-order valence-corrected chi connectivity index (χ1v) is 4.40. The molecule has 0 amide bonds. The lowest BCUT2D eigenvalue weighted by atomic mass is 10.4. The molecule has 74 valence electrons. The highest BCUT2D eigenvalue weighted by Crippen LogP contribution is 2.02. The molecule has 0 spiro atoms. The van der Waals surface area contributed by atoms with Crippen molar-refractivity contribution < 1.29 is 36.6 Å². The Morgan fingerprint density at radius 2 is 2.31 bits per heavy atom. The number of carboxylic acids is 1. The molecular formula is C7H10BrNO3S. The SMILES string of the molecule is O=C(O)C[n+]1ccsc1CCO.[Br-]. The lowest BCUT2D eigenvalue weighted by Crippen LogP contribution is -3.00. The number of carboxylic acid groups (broad SMARTS) is 1. The van der Waals surface area contributed by atoms with Crippen molar-refractivity contribution >= 4 is 17.3 Å². The summed E-state index contributed by atoms with van der Waals surface area (Å²) in [7, 11) is 0. The van der Waals surface area contributed by atoms with Crippen LogP contribution in [-0.4, -0.2) is 22.8 Å². The van der Waals surface area contributed by atoms with Crippen LogP contribution in [0.5, 0.6) is 0 Å². The van der Waals surface area contributed by atoms with Crippen molar-refractivity contribution in [3.05, 3.63) is 16.6 Å². The molecule has 0 aliphatic carbocycles. The standard InChI is InChI=1S/C7H9NO3S.BrH/c9-3-1-6-8(2-4-12-6)5-7(10)11;/h2,4,9H,1,3,5H2;1H. The Balaban J connectivity index is 0.00000144. The molecule has 0 unspecified atom stereocenters. The van der Waals surface area contributed by atoms with Crippen molar-refractivity contribution in [2.24, 2.45) is 0 Å². The van der Waals surface area contributed by atoms with Crippen LogP contribution in [0.4, 0.5) is 0 Å². The van der Waals surface area contributed by atoms with Crippen LogP contribution in [0.25, 0.3) is 0 Å². The molecule has 1 aromatic heterocycles. The van der Waals surface area contributed by atoms with Crippen molar-refractivity contribution in [3.8, 4) is 0 Å². The van der Waals surface area contributed by atoms with Crippen molar-refractivity contribution in [1.29, 1.82) is 0 Å². The molecule has 1 rings (SSSR count). The van der Waals surface area contributed by atoms with Gasteiger partial charge in [0.1, 0.15) is 0 Å². The van der Waals surface area contributed by atoms with E-state index in [1.54, 1.807) is 10.8 Å². The molecule has 0 saturated carbocycles. The minimum absolute atomic E-state index is 0. The smallest absolute Gasteiger partial charge is 0.370 e. The summed E-state index contributed by atoms with van der Waals surface area (Å²) in [5.74, 6) is -0.863. The van der Waals surface area contributed by atoms with E-state index in [1.165, 1.54) is 11.3 Å². The molecule has 0 saturated heterocycles. The molecule has 0 atom stereocenters. The zero-order valence-electron chi connectivity index (χ0n) is 6.81. The average molecular weight is 268 g/mol. The van der Waals surface area contributed by atoms with Crippen LogP contribution < -0.4 is 21.5 Å². The number of aliphatic hydroxyl groups is 1. The Labute approximate surface area is 90.2 Å². The van der Waals surface area contributed by atoms with Crippen LogP contribution in [0, 0.1) is 0 Å². The van der Waals surface area contributed by atoms with E-state index in [0.29, 0.717) is 6.42 Å². The average Bonchev–Trinajstić information content (AvgIpc) is 2.37. The summed E-state index contributed by atoms with van der Waals surface area (Å²) in [4.78, 5) is 10.3. The number of hydrogen-bond donors (Lipinski definition) is 2. The first kappa shape index (κ1) is 12.5. The predicted octanol–water partition coefficient (Wildman–Crippen LogP) is -3.34. The third-order valence-corrected chi connectivity index (χ3v) is 2.37. The topological polar surface area (TPSA) is 61.4 Å². The van der Waals surface area contributed by atoms with Gasteiger partial charge >= 0.3 is 5.97 Å². The van der Waals surface area contributed by atoms with Gasteiger partial charge in [0, 0.05) is 0 Å². The van der Waals surface area contributed by atoms with Gasteiger partial charge in [0.2, 0.25) is 11.6 Å². The zero-order valence-corrected chi connectivity index (χ0v) is 9.21. The summed E-state index contributed by atoms with van der Waals surface area (Å²) >= 11 is 1.46. The second kappa shape index (κ2) is 6.06. The largest absolute Gasteiger partial charge is 1.00 e. The molecule has 0 radical (unpaired) electrons. The second-order valence-electron chi connectivity index (χ2n) is 2.29. The summed E-state index contributed by atoms with van der Waals surface area (Å²) in [6, 6.07) is 0. The van der Waals surface area contributed by atoms with Gasteiger partial charge in [0.05, 0.1) is 18.4 Å². The highest BCUT2D eigenvalue weighted by atomic mass is 79.9. The fourth-order valence-electron chi connectivity index (χ4n) is 0.918. The molecule has 0 bridgehead atoms. The number of carbonyl (C=O) groups is 1. The van der Waals surface area contributed by atoms with Gasteiger partial charge in [-0.1, -0.05) is 11.3 Å². The van der Waals surface area contributed by atoms with Gasteiger partial charge in [0.25, 0.3) is 0 Å². The van der Waals surface area contributed by atoms with Crippen LogP contribution in [0.15, 0.2) is 11.6 Å². The summed E-state index contributed by atoms with van der Waals surface area (Å²) in [5.41, 5.74) is 0. The Hall–Kier alpha value is -0.460. The fourth-order valence-corrected chi connectivity index (χ4v) is 1.75. The van der Waals surface area contributed by atoms with E-state index in [0.717, 1.165) is 5.01 Å². The summed E-state index contributed by atoms with van der Waals surface area (Å²) < 4.78 is 1.63. The van der Waals surface area contributed by atoms with Crippen LogP contribution >= 0.6 is 11.3 Å². The molecule has 1 aromatic rings. The van der Waals surface area contributed by atoms with E-state index < -0.39 is 5.97 Å². The van der Waals surface area contributed by atoms with Gasteiger partial charge in [-0.15, -0.1) is 0 Å². The predicted molar refractivity (Wildman–Crippen MR) is 42.9 cm³/mol. The molecule has 2 N–H and O–H groups in total. The molecule has 6 heteroatoms. The number of aliphatic hydroxyl groups excluding tert-OH is 1. The summed E-state index contributed by atoms with van der Waals surface area (Å²) in [6.07, 6.45) is 2.23. The summed E-state index contributed by atoms with van der Waals surface area (Å²) in [6.45, 7) is 0.0268. The maximum atomic E-state index is 10.3. The third kappa shape index (κ3) is 3.84. The minimum atomic E-state index is -0.863.